The molecule has 0 aliphatic heterocycles. The lowest BCUT2D eigenvalue weighted by molar-refractivity contribution is -0.0505. The summed E-state index contributed by atoms with van der Waals surface area (Å²) in [6.07, 6.45) is 1.47. The molecule has 1 aromatic rings. The molecule has 0 radical (unpaired) electrons. The van der Waals surface area contributed by atoms with E-state index >= 15 is 0 Å². The quantitative estimate of drug-likeness (QED) is 0.815. The van der Waals surface area contributed by atoms with Crippen molar-refractivity contribution >= 4 is 12.4 Å². The number of para-hydroxylation sites is 1. The maximum atomic E-state index is 12.0. The molecule has 0 saturated heterocycles. The minimum absolute atomic E-state index is 0. The fourth-order valence-electron chi connectivity index (χ4n) is 1.09. The van der Waals surface area contributed by atoms with E-state index < -0.39 is 12.7 Å². The van der Waals surface area contributed by atoms with Gasteiger partial charge in [-0.05, 0) is 6.07 Å². The Balaban J connectivity index is 0.00000196. The fourth-order valence-corrected chi connectivity index (χ4v) is 1.09. The van der Waals surface area contributed by atoms with Crippen molar-refractivity contribution in [3.63, 3.8) is 0 Å². The van der Waals surface area contributed by atoms with Crippen LogP contribution in [0.3, 0.4) is 0 Å². The molecular weight excluding hydrogens is 224 g/mol. The minimum Gasteiger partial charge on any atom is -0.434 e. The van der Waals surface area contributed by atoms with Gasteiger partial charge in [-0.2, -0.15) is 8.78 Å². The molecule has 84 valence electrons. The normalized spacial score (nSPS) is 11.7. The Morgan fingerprint density at radius 3 is 2.47 bits per heavy atom. The van der Waals surface area contributed by atoms with Gasteiger partial charge in [-0.15, -0.1) is 19.0 Å². The third kappa shape index (κ3) is 3.85. The first-order valence-corrected chi connectivity index (χ1v) is 4.07. The highest BCUT2D eigenvalue weighted by Gasteiger charge is 2.11. The van der Waals surface area contributed by atoms with Gasteiger partial charge >= 0.3 is 6.61 Å². The number of alkyl halides is 2. The van der Waals surface area contributed by atoms with Crippen molar-refractivity contribution in [2.24, 2.45) is 5.73 Å². The molecule has 1 atom stereocenters. The van der Waals surface area contributed by atoms with E-state index in [0.29, 0.717) is 5.56 Å². The van der Waals surface area contributed by atoms with Crippen LogP contribution in [0.2, 0.25) is 0 Å². The molecule has 0 amide bonds. The summed E-state index contributed by atoms with van der Waals surface area (Å²) < 4.78 is 28.3. The van der Waals surface area contributed by atoms with E-state index in [4.69, 9.17) is 5.73 Å². The molecule has 5 heteroatoms. The van der Waals surface area contributed by atoms with Crippen molar-refractivity contribution in [2.45, 2.75) is 12.7 Å². The van der Waals surface area contributed by atoms with Crippen LogP contribution in [0.15, 0.2) is 36.9 Å². The van der Waals surface area contributed by atoms with Crippen LogP contribution in [-0.2, 0) is 0 Å². The monoisotopic (exact) mass is 235 g/mol. The third-order valence-corrected chi connectivity index (χ3v) is 1.75. The van der Waals surface area contributed by atoms with Crippen LogP contribution >= 0.6 is 12.4 Å². The van der Waals surface area contributed by atoms with Gasteiger partial charge in [0, 0.05) is 5.56 Å². The van der Waals surface area contributed by atoms with E-state index in [9.17, 15) is 8.78 Å². The van der Waals surface area contributed by atoms with Gasteiger partial charge in [0.05, 0.1) is 6.04 Å². The molecule has 0 fully saturated rings. The standard InChI is InChI=1S/C10H11F2NO.ClH/c1-2-8(13)7-5-3-4-6-9(7)14-10(11)12;/h2-6,8,10H,1,13H2;1H/t8-;/m1./s1. The fraction of sp³-hybridized carbons (Fsp3) is 0.200. The second kappa shape index (κ2) is 6.37. The van der Waals surface area contributed by atoms with Crippen molar-refractivity contribution in [2.75, 3.05) is 0 Å². The summed E-state index contributed by atoms with van der Waals surface area (Å²) >= 11 is 0. The number of hydrogen-bond donors (Lipinski definition) is 1. The molecule has 0 spiro atoms. The largest absolute Gasteiger partial charge is 0.434 e. The molecule has 1 aromatic carbocycles. The minimum atomic E-state index is -2.84. The molecule has 0 heterocycles. The molecule has 0 aliphatic rings. The molecular formula is C10H12ClF2NO. The van der Waals surface area contributed by atoms with Crippen molar-refractivity contribution in [1.82, 2.24) is 0 Å². The Morgan fingerprint density at radius 2 is 1.93 bits per heavy atom. The van der Waals surface area contributed by atoms with Crippen LogP contribution in [-0.4, -0.2) is 6.61 Å². The van der Waals surface area contributed by atoms with Crippen LogP contribution in [0.25, 0.3) is 0 Å². The first-order valence-electron chi connectivity index (χ1n) is 4.07. The summed E-state index contributed by atoms with van der Waals surface area (Å²) in [5.74, 6) is 0.0925. The second-order valence-corrected chi connectivity index (χ2v) is 2.68. The van der Waals surface area contributed by atoms with Gasteiger partial charge in [-0.3, -0.25) is 0 Å². The van der Waals surface area contributed by atoms with Gasteiger partial charge in [0.15, 0.2) is 0 Å². The molecule has 0 bridgehead atoms. The lowest BCUT2D eigenvalue weighted by Gasteiger charge is -2.13. The zero-order valence-electron chi connectivity index (χ0n) is 7.90. The number of ether oxygens (including phenoxy) is 1. The van der Waals surface area contributed by atoms with Crippen LogP contribution < -0.4 is 10.5 Å². The number of nitrogens with two attached hydrogens (primary N) is 1. The van der Waals surface area contributed by atoms with Crippen molar-refractivity contribution < 1.29 is 13.5 Å². The van der Waals surface area contributed by atoms with Gasteiger partial charge in [0.2, 0.25) is 0 Å². The third-order valence-electron chi connectivity index (χ3n) is 1.75. The van der Waals surface area contributed by atoms with E-state index in [-0.39, 0.29) is 18.2 Å². The van der Waals surface area contributed by atoms with Crippen molar-refractivity contribution in [1.29, 1.82) is 0 Å². The van der Waals surface area contributed by atoms with E-state index in [1.165, 1.54) is 12.1 Å². The van der Waals surface area contributed by atoms with Gasteiger partial charge in [-0.25, -0.2) is 0 Å². The first-order chi connectivity index (χ1) is 6.65. The van der Waals surface area contributed by atoms with E-state index in [2.05, 4.69) is 11.3 Å². The SMILES string of the molecule is C=C[C@@H](N)c1ccccc1OC(F)F.Cl. The van der Waals surface area contributed by atoms with E-state index in [1.807, 2.05) is 0 Å². The Labute approximate surface area is 93.1 Å². The predicted octanol–water partition coefficient (Wildman–Crippen LogP) is 2.90. The maximum absolute atomic E-state index is 12.0. The lowest BCUT2D eigenvalue weighted by Crippen LogP contribution is -2.11. The number of halogens is 3. The molecule has 2 N–H and O–H groups in total. The average molecular weight is 236 g/mol. The van der Waals surface area contributed by atoms with Gasteiger partial charge in [0.25, 0.3) is 0 Å². The first kappa shape index (κ1) is 13.9. The maximum Gasteiger partial charge on any atom is 0.387 e. The second-order valence-electron chi connectivity index (χ2n) is 2.68. The van der Waals surface area contributed by atoms with Gasteiger partial charge in [0.1, 0.15) is 5.75 Å². The average Bonchev–Trinajstić information content (AvgIpc) is 2.16. The van der Waals surface area contributed by atoms with Gasteiger partial charge < -0.3 is 10.5 Å². The Morgan fingerprint density at radius 1 is 1.33 bits per heavy atom. The van der Waals surface area contributed by atoms with Crippen molar-refractivity contribution in [3.05, 3.63) is 42.5 Å². The molecule has 0 aliphatic carbocycles. The Kier molecular flexibility index (Phi) is 5.89. The molecule has 2 nitrogen and oxygen atoms in total. The Bertz CT molecular complexity index is 320. The highest BCUT2D eigenvalue weighted by atomic mass is 35.5. The summed E-state index contributed by atoms with van der Waals surface area (Å²) in [4.78, 5) is 0. The van der Waals surface area contributed by atoms with E-state index in [1.54, 1.807) is 18.2 Å². The summed E-state index contributed by atoms with van der Waals surface area (Å²) in [6, 6.07) is 5.90. The highest BCUT2D eigenvalue weighted by Crippen LogP contribution is 2.25. The molecule has 15 heavy (non-hydrogen) atoms. The molecule has 0 saturated carbocycles. The zero-order chi connectivity index (χ0) is 10.6. The summed E-state index contributed by atoms with van der Waals surface area (Å²) in [6.45, 7) is 0.650. The molecule has 1 rings (SSSR count). The lowest BCUT2D eigenvalue weighted by atomic mass is 10.1. The van der Waals surface area contributed by atoms with Crippen molar-refractivity contribution in [3.8, 4) is 5.75 Å². The summed E-state index contributed by atoms with van der Waals surface area (Å²) in [5.41, 5.74) is 6.13. The smallest absolute Gasteiger partial charge is 0.387 e. The topological polar surface area (TPSA) is 35.2 Å². The zero-order valence-corrected chi connectivity index (χ0v) is 8.71. The number of benzene rings is 1. The Hall–Kier alpha value is -1.13. The predicted molar refractivity (Wildman–Crippen MR) is 57.4 cm³/mol. The summed E-state index contributed by atoms with van der Waals surface area (Å²) in [5, 5.41) is 0. The highest BCUT2D eigenvalue weighted by molar-refractivity contribution is 5.85. The van der Waals surface area contributed by atoms with Gasteiger partial charge in [-0.1, -0.05) is 24.3 Å². The molecule has 0 unspecified atom stereocenters. The van der Waals surface area contributed by atoms with Crippen LogP contribution in [0.4, 0.5) is 8.78 Å². The van der Waals surface area contributed by atoms with Crippen LogP contribution in [0.5, 0.6) is 5.75 Å². The number of hydrogen-bond acceptors (Lipinski definition) is 2. The van der Waals surface area contributed by atoms with E-state index in [0.717, 1.165) is 0 Å². The molecule has 0 aromatic heterocycles. The van der Waals surface area contributed by atoms with Crippen LogP contribution in [0.1, 0.15) is 11.6 Å². The number of rotatable bonds is 4. The van der Waals surface area contributed by atoms with Crippen LogP contribution in [0, 0.1) is 0 Å². The summed E-state index contributed by atoms with van der Waals surface area (Å²) in [7, 11) is 0.